The Morgan fingerprint density at radius 3 is 2.28 bits per heavy atom. The van der Waals surface area contributed by atoms with Gasteiger partial charge in [-0.05, 0) is 19.3 Å². The first kappa shape index (κ1) is 13.3. The standard InChI is InChI=1S/C11H17NO5S/c13-10(14)6-12(11(15)8-2-1-3-8)9-4-5-18(16,17)7-9/h8-9H,1-7H2,(H,13,14). The molecule has 1 unspecified atom stereocenters. The minimum Gasteiger partial charge on any atom is -0.480 e. The quantitative estimate of drug-likeness (QED) is 0.772. The van der Waals surface area contributed by atoms with E-state index in [1.807, 2.05) is 0 Å². The lowest BCUT2D eigenvalue weighted by atomic mass is 9.84. The minimum absolute atomic E-state index is 0.0474. The van der Waals surface area contributed by atoms with Crippen LogP contribution in [0, 0.1) is 5.92 Å². The number of carbonyl (C=O) groups is 2. The van der Waals surface area contributed by atoms with E-state index in [-0.39, 0.29) is 23.3 Å². The van der Waals surface area contributed by atoms with Gasteiger partial charge in [0.05, 0.1) is 11.5 Å². The number of hydrogen-bond acceptors (Lipinski definition) is 4. The predicted molar refractivity (Wildman–Crippen MR) is 63.7 cm³/mol. The maximum absolute atomic E-state index is 12.1. The Labute approximate surface area is 106 Å². The van der Waals surface area contributed by atoms with Gasteiger partial charge >= 0.3 is 5.97 Å². The fourth-order valence-electron chi connectivity index (χ4n) is 2.44. The Balaban J connectivity index is 2.09. The van der Waals surface area contributed by atoms with Gasteiger partial charge in [0.2, 0.25) is 5.91 Å². The van der Waals surface area contributed by atoms with Crippen molar-refractivity contribution in [3.8, 4) is 0 Å². The van der Waals surface area contributed by atoms with Gasteiger partial charge in [-0.1, -0.05) is 6.42 Å². The molecule has 102 valence electrons. The third-order valence-electron chi connectivity index (χ3n) is 3.69. The number of aliphatic carboxylic acids is 1. The molecule has 2 aliphatic rings. The smallest absolute Gasteiger partial charge is 0.323 e. The maximum atomic E-state index is 12.1. The molecule has 2 rings (SSSR count). The average molecular weight is 275 g/mol. The van der Waals surface area contributed by atoms with Crippen molar-refractivity contribution in [1.29, 1.82) is 0 Å². The number of carboxylic acid groups (broad SMARTS) is 1. The summed E-state index contributed by atoms with van der Waals surface area (Å²) >= 11 is 0. The molecule has 0 aromatic rings. The second-order valence-electron chi connectivity index (χ2n) is 5.04. The van der Waals surface area contributed by atoms with Crippen molar-refractivity contribution in [2.24, 2.45) is 5.92 Å². The first-order chi connectivity index (χ1) is 8.39. The van der Waals surface area contributed by atoms with Gasteiger partial charge in [-0.3, -0.25) is 9.59 Å². The summed E-state index contributed by atoms with van der Waals surface area (Å²) in [4.78, 5) is 24.2. The van der Waals surface area contributed by atoms with E-state index in [4.69, 9.17) is 5.11 Å². The van der Waals surface area contributed by atoms with Crippen molar-refractivity contribution in [3.05, 3.63) is 0 Å². The Morgan fingerprint density at radius 2 is 1.89 bits per heavy atom. The van der Waals surface area contributed by atoms with Crippen molar-refractivity contribution < 1.29 is 23.1 Å². The molecule has 0 bridgehead atoms. The number of hydrogen-bond donors (Lipinski definition) is 1. The summed E-state index contributed by atoms with van der Waals surface area (Å²) < 4.78 is 22.8. The highest BCUT2D eigenvalue weighted by atomic mass is 32.2. The zero-order valence-electron chi connectivity index (χ0n) is 10.0. The molecule has 1 atom stereocenters. The molecule has 0 aromatic carbocycles. The van der Waals surface area contributed by atoms with Crippen LogP contribution in [0.1, 0.15) is 25.7 Å². The van der Waals surface area contributed by atoms with Gasteiger partial charge in [0.1, 0.15) is 6.54 Å². The topological polar surface area (TPSA) is 91.8 Å². The molecule has 18 heavy (non-hydrogen) atoms. The highest BCUT2D eigenvalue weighted by Gasteiger charge is 2.39. The first-order valence-corrected chi connectivity index (χ1v) is 7.94. The molecule has 1 heterocycles. The van der Waals surface area contributed by atoms with Crippen LogP contribution in [-0.4, -0.2) is 54.4 Å². The molecule has 0 spiro atoms. The van der Waals surface area contributed by atoms with E-state index in [0.29, 0.717) is 6.42 Å². The summed E-state index contributed by atoms with van der Waals surface area (Å²) in [6.07, 6.45) is 2.91. The van der Waals surface area contributed by atoms with E-state index >= 15 is 0 Å². The fraction of sp³-hybridized carbons (Fsp3) is 0.818. The van der Waals surface area contributed by atoms with Gasteiger partial charge in [-0.15, -0.1) is 0 Å². The van der Waals surface area contributed by atoms with E-state index < -0.39 is 28.4 Å². The van der Waals surface area contributed by atoms with Gasteiger partial charge < -0.3 is 10.0 Å². The Hall–Kier alpha value is -1.11. The van der Waals surface area contributed by atoms with E-state index in [9.17, 15) is 18.0 Å². The molecule has 1 aliphatic heterocycles. The van der Waals surface area contributed by atoms with Crippen molar-refractivity contribution in [1.82, 2.24) is 4.90 Å². The lowest BCUT2D eigenvalue weighted by Crippen LogP contribution is -2.48. The number of sulfone groups is 1. The molecule has 0 radical (unpaired) electrons. The van der Waals surface area contributed by atoms with Gasteiger partial charge in [0, 0.05) is 12.0 Å². The first-order valence-electron chi connectivity index (χ1n) is 6.12. The molecular formula is C11H17NO5S. The van der Waals surface area contributed by atoms with Gasteiger partial charge in [0.15, 0.2) is 9.84 Å². The van der Waals surface area contributed by atoms with Crippen LogP contribution in [0.15, 0.2) is 0 Å². The van der Waals surface area contributed by atoms with Crippen LogP contribution in [0.5, 0.6) is 0 Å². The van der Waals surface area contributed by atoms with Crippen molar-refractivity contribution in [2.75, 3.05) is 18.1 Å². The lowest BCUT2D eigenvalue weighted by Gasteiger charge is -2.34. The summed E-state index contributed by atoms with van der Waals surface area (Å²) in [5.74, 6) is -1.44. The van der Waals surface area contributed by atoms with E-state index in [1.165, 1.54) is 4.90 Å². The summed E-state index contributed by atoms with van der Waals surface area (Å²) in [7, 11) is -3.11. The van der Waals surface area contributed by atoms with E-state index in [1.54, 1.807) is 0 Å². The molecular weight excluding hydrogens is 258 g/mol. The van der Waals surface area contributed by atoms with Crippen LogP contribution in [-0.2, 0) is 19.4 Å². The van der Waals surface area contributed by atoms with Crippen LogP contribution in [0.2, 0.25) is 0 Å². The molecule has 7 heteroatoms. The normalized spacial score (nSPS) is 26.6. The second kappa shape index (κ2) is 4.87. The molecule has 2 fully saturated rings. The number of carboxylic acids is 1. The molecule has 0 aromatic heterocycles. The Kier molecular flexibility index (Phi) is 3.61. The minimum atomic E-state index is -3.11. The third kappa shape index (κ3) is 2.82. The lowest BCUT2D eigenvalue weighted by molar-refractivity contribution is -0.149. The summed E-state index contributed by atoms with van der Waals surface area (Å²) in [5.41, 5.74) is 0. The van der Waals surface area contributed by atoms with E-state index in [0.717, 1.165) is 19.3 Å². The van der Waals surface area contributed by atoms with Gasteiger partial charge in [0.25, 0.3) is 0 Å². The number of amides is 1. The summed E-state index contributed by atoms with van der Waals surface area (Å²) in [5, 5.41) is 8.85. The van der Waals surface area contributed by atoms with Gasteiger partial charge in [-0.25, -0.2) is 8.42 Å². The molecule has 6 nitrogen and oxygen atoms in total. The SMILES string of the molecule is O=C(O)CN(C(=O)C1CCC1)C1CCS(=O)(=O)C1. The van der Waals surface area contributed by atoms with Crippen LogP contribution in [0.3, 0.4) is 0 Å². The summed E-state index contributed by atoms with van der Waals surface area (Å²) in [6.45, 7) is -0.393. The van der Waals surface area contributed by atoms with Crippen LogP contribution in [0.25, 0.3) is 0 Å². The zero-order valence-corrected chi connectivity index (χ0v) is 10.9. The molecule has 1 saturated heterocycles. The number of nitrogens with zero attached hydrogens (tertiary/aromatic N) is 1. The maximum Gasteiger partial charge on any atom is 0.323 e. The largest absolute Gasteiger partial charge is 0.480 e. The second-order valence-corrected chi connectivity index (χ2v) is 7.27. The molecule has 1 N–H and O–H groups in total. The van der Waals surface area contributed by atoms with Crippen LogP contribution >= 0.6 is 0 Å². The molecule has 1 aliphatic carbocycles. The Morgan fingerprint density at radius 1 is 1.22 bits per heavy atom. The zero-order chi connectivity index (χ0) is 13.3. The van der Waals surface area contributed by atoms with Crippen molar-refractivity contribution in [3.63, 3.8) is 0 Å². The molecule has 1 saturated carbocycles. The summed E-state index contributed by atoms with van der Waals surface area (Å²) in [6, 6.07) is -0.459. The highest BCUT2D eigenvalue weighted by Crippen LogP contribution is 2.30. The Bertz CT molecular complexity index is 454. The fourth-order valence-corrected chi connectivity index (χ4v) is 4.17. The van der Waals surface area contributed by atoms with E-state index in [2.05, 4.69) is 0 Å². The third-order valence-corrected chi connectivity index (χ3v) is 5.44. The average Bonchev–Trinajstić information content (AvgIpc) is 2.52. The predicted octanol–water partition coefficient (Wildman–Crippen LogP) is -0.113. The van der Waals surface area contributed by atoms with Crippen LogP contribution < -0.4 is 0 Å². The van der Waals surface area contributed by atoms with Gasteiger partial charge in [-0.2, -0.15) is 0 Å². The van der Waals surface area contributed by atoms with Crippen molar-refractivity contribution in [2.45, 2.75) is 31.7 Å². The van der Waals surface area contributed by atoms with Crippen LogP contribution in [0.4, 0.5) is 0 Å². The highest BCUT2D eigenvalue weighted by molar-refractivity contribution is 7.91. The number of carbonyl (C=O) groups excluding carboxylic acids is 1. The molecule has 1 amide bonds. The number of rotatable bonds is 4. The monoisotopic (exact) mass is 275 g/mol. The van der Waals surface area contributed by atoms with Crippen molar-refractivity contribution >= 4 is 21.7 Å².